The molecule has 2 N–H and O–H groups in total. The van der Waals surface area contributed by atoms with Crippen molar-refractivity contribution in [3.63, 3.8) is 0 Å². The Morgan fingerprint density at radius 1 is 1.07 bits per heavy atom. The maximum absolute atomic E-state index is 12.3. The smallest absolute Gasteiger partial charge is 0.270 e. The fraction of sp³-hybridized carbons (Fsp3) is 0.118. The summed E-state index contributed by atoms with van der Waals surface area (Å²) in [6.07, 6.45) is 0. The summed E-state index contributed by atoms with van der Waals surface area (Å²) >= 11 is 6.52. The van der Waals surface area contributed by atoms with Gasteiger partial charge in [0.1, 0.15) is 5.75 Å². The lowest BCUT2D eigenvalue weighted by Crippen LogP contribution is -2.23. The van der Waals surface area contributed by atoms with Crippen LogP contribution in [0.1, 0.15) is 5.56 Å². The molecule has 0 fully saturated rings. The zero-order valence-electron chi connectivity index (χ0n) is 14.3. The summed E-state index contributed by atoms with van der Waals surface area (Å²) < 4.78 is 32.1. The van der Waals surface area contributed by atoms with Gasteiger partial charge in [-0.25, -0.2) is 13.1 Å². The summed E-state index contributed by atoms with van der Waals surface area (Å²) in [5, 5.41) is 10.4. The van der Waals surface area contributed by atoms with E-state index in [9.17, 15) is 13.2 Å². The largest absolute Gasteiger partial charge is 0.484 e. The molecule has 3 rings (SSSR count). The van der Waals surface area contributed by atoms with Gasteiger partial charge in [-0.1, -0.05) is 53.3 Å². The van der Waals surface area contributed by atoms with Crippen molar-refractivity contribution < 1.29 is 17.9 Å². The Hall–Kier alpha value is -2.53. The van der Waals surface area contributed by atoms with Gasteiger partial charge in [-0.2, -0.15) is 0 Å². The van der Waals surface area contributed by atoms with E-state index >= 15 is 0 Å². The molecule has 0 aliphatic heterocycles. The van der Waals surface area contributed by atoms with E-state index in [0.717, 1.165) is 16.9 Å². The van der Waals surface area contributed by atoms with Crippen molar-refractivity contribution >= 4 is 44.0 Å². The molecular formula is C17H15ClN4O4S2. The second-order valence-electron chi connectivity index (χ2n) is 5.47. The first-order chi connectivity index (χ1) is 13.4. The highest BCUT2D eigenvalue weighted by molar-refractivity contribution is 7.91. The topological polar surface area (TPSA) is 110 Å². The van der Waals surface area contributed by atoms with Crippen molar-refractivity contribution in [2.24, 2.45) is 0 Å². The van der Waals surface area contributed by atoms with Crippen LogP contribution >= 0.6 is 22.9 Å². The van der Waals surface area contributed by atoms with Crippen LogP contribution in [0.4, 0.5) is 5.13 Å². The van der Waals surface area contributed by atoms with Crippen LogP contribution in [0.2, 0.25) is 5.02 Å². The van der Waals surface area contributed by atoms with Crippen molar-refractivity contribution in [1.29, 1.82) is 0 Å². The molecule has 1 aromatic heterocycles. The number of ether oxygens (including phenoxy) is 1. The lowest BCUT2D eigenvalue weighted by atomic mass is 10.2. The van der Waals surface area contributed by atoms with E-state index < -0.39 is 15.9 Å². The number of benzene rings is 2. The number of rotatable bonds is 8. The summed E-state index contributed by atoms with van der Waals surface area (Å²) in [4.78, 5) is 11.9. The molecule has 11 heteroatoms. The maximum Gasteiger partial charge on any atom is 0.270 e. The summed E-state index contributed by atoms with van der Waals surface area (Å²) in [6.45, 7) is -0.144. The number of nitrogens with one attached hydrogen (secondary N) is 2. The summed E-state index contributed by atoms with van der Waals surface area (Å²) in [6, 6.07) is 15.6. The fourth-order valence-electron chi connectivity index (χ4n) is 2.04. The predicted octanol–water partition coefficient (Wildman–Crippen LogP) is 2.69. The minimum atomic E-state index is -3.83. The van der Waals surface area contributed by atoms with Crippen LogP contribution in [0.3, 0.4) is 0 Å². The van der Waals surface area contributed by atoms with E-state index in [-0.39, 0.29) is 22.6 Å². The Morgan fingerprint density at radius 3 is 2.50 bits per heavy atom. The molecular weight excluding hydrogens is 424 g/mol. The van der Waals surface area contributed by atoms with Crippen molar-refractivity contribution in [2.45, 2.75) is 10.9 Å². The highest BCUT2D eigenvalue weighted by atomic mass is 35.5. The van der Waals surface area contributed by atoms with Gasteiger partial charge in [0, 0.05) is 11.6 Å². The summed E-state index contributed by atoms with van der Waals surface area (Å²) in [5.74, 6) is -0.0162. The van der Waals surface area contributed by atoms with E-state index in [4.69, 9.17) is 16.3 Å². The zero-order chi connectivity index (χ0) is 20.0. The van der Waals surface area contributed by atoms with E-state index in [0.29, 0.717) is 10.8 Å². The number of hydrogen-bond acceptors (Lipinski definition) is 7. The first-order valence-electron chi connectivity index (χ1n) is 7.98. The van der Waals surface area contributed by atoms with E-state index in [2.05, 4.69) is 20.2 Å². The average molecular weight is 439 g/mol. The quantitative estimate of drug-likeness (QED) is 0.523. The van der Waals surface area contributed by atoms with Crippen LogP contribution in [0.5, 0.6) is 5.75 Å². The third kappa shape index (κ3) is 5.73. The highest BCUT2D eigenvalue weighted by Gasteiger charge is 2.20. The predicted molar refractivity (Wildman–Crippen MR) is 106 cm³/mol. The van der Waals surface area contributed by atoms with Crippen molar-refractivity contribution in [2.75, 3.05) is 11.9 Å². The van der Waals surface area contributed by atoms with Crippen LogP contribution in [-0.4, -0.2) is 31.1 Å². The highest BCUT2D eigenvalue weighted by Crippen LogP contribution is 2.20. The Morgan fingerprint density at radius 2 is 1.79 bits per heavy atom. The normalized spacial score (nSPS) is 11.2. The van der Waals surface area contributed by atoms with Gasteiger partial charge in [0.25, 0.3) is 15.9 Å². The maximum atomic E-state index is 12.3. The van der Waals surface area contributed by atoms with Gasteiger partial charge in [0.15, 0.2) is 6.61 Å². The van der Waals surface area contributed by atoms with Crippen molar-refractivity contribution in [1.82, 2.24) is 14.9 Å². The van der Waals surface area contributed by atoms with Crippen LogP contribution in [0, 0.1) is 0 Å². The number of aromatic nitrogens is 2. The van der Waals surface area contributed by atoms with Crippen LogP contribution in [-0.2, 0) is 21.4 Å². The zero-order valence-corrected chi connectivity index (χ0v) is 16.7. The molecule has 0 aliphatic rings. The Bertz CT molecular complexity index is 1040. The molecule has 2 aromatic carbocycles. The van der Waals surface area contributed by atoms with E-state index in [1.54, 1.807) is 36.4 Å². The van der Waals surface area contributed by atoms with Gasteiger partial charge in [-0.15, -0.1) is 10.2 Å². The van der Waals surface area contributed by atoms with Gasteiger partial charge in [-0.05, 0) is 29.8 Å². The Labute approximate surface area is 170 Å². The van der Waals surface area contributed by atoms with Crippen LogP contribution in [0.15, 0.2) is 58.9 Å². The number of anilines is 1. The number of carbonyl (C=O) groups excluding carboxylic acids is 1. The monoisotopic (exact) mass is 438 g/mol. The van der Waals surface area contributed by atoms with Gasteiger partial charge in [0.2, 0.25) is 9.47 Å². The number of hydrogen-bond donors (Lipinski definition) is 2. The minimum absolute atomic E-state index is 0.0600. The SMILES string of the molecule is O=C(COc1ccc(Cl)cc1)Nc1nnc(S(=O)(=O)NCc2ccccc2)s1. The Kier molecular flexibility index (Phi) is 6.57. The molecule has 0 unspecified atom stereocenters. The second-order valence-corrected chi connectivity index (χ2v) is 8.83. The van der Waals surface area contributed by atoms with Crippen molar-refractivity contribution in [3.05, 3.63) is 65.2 Å². The summed E-state index contributed by atoms with van der Waals surface area (Å²) in [7, 11) is -3.83. The molecule has 0 atom stereocenters. The average Bonchev–Trinajstić information content (AvgIpc) is 3.16. The molecule has 0 spiro atoms. The molecule has 8 nitrogen and oxygen atoms in total. The van der Waals surface area contributed by atoms with Crippen LogP contribution in [0.25, 0.3) is 0 Å². The second kappa shape index (κ2) is 9.11. The standard InChI is InChI=1S/C17H15ClN4O4S2/c18-13-6-8-14(9-7-13)26-11-15(23)20-16-21-22-17(27-16)28(24,25)19-10-12-4-2-1-3-5-12/h1-9,19H,10-11H2,(H,20,21,23). The first kappa shape index (κ1) is 20.2. The number of nitrogens with zero attached hydrogens (tertiary/aromatic N) is 2. The number of amides is 1. The van der Waals surface area contributed by atoms with E-state index in [1.807, 2.05) is 18.2 Å². The fourth-order valence-corrected chi connectivity index (χ4v) is 4.14. The number of carbonyl (C=O) groups is 1. The van der Waals surface area contributed by atoms with Gasteiger partial charge >= 0.3 is 0 Å². The molecule has 28 heavy (non-hydrogen) atoms. The third-order valence-corrected chi connectivity index (χ3v) is 6.23. The van der Waals surface area contributed by atoms with Crippen molar-refractivity contribution in [3.8, 4) is 5.75 Å². The van der Waals surface area contributed by atoms with Gasteiger partial charge in [0.05, 0.1) is 0 Å². The molecule has 0 aliphatic carbocycles. The third-order valence-electron chi connectivity index (χ3n) is 3.38. The van der Waals surface area contributed by atoms with Gasteiger partial charge in [-0.3, -0.25) is 10.1 Å². The lowest BCUT2D eigenvalue weighted by Gasteiger charge is -2.05. The molecule has 0 radical (unpaired) electrons. The first-order valence-corrected chi connectivity index (χ1v) is 10.7. The number of sulfonamides is 1. The molecule has 146 valence electrons. The summed E-state index contributed by atoms with van der Waals surface area (Å²) in [5.41, 5.74) is 0.809. The molecule has 3 aromatic rings. The number of halogens is 1. The molecule has 0 saturated carbocycles. The molecule has 1 amide bonds. The lowest BCUT2D eigenvalue weighted by molar-refractivity contribution is -0.118. The van der Waals surface area contributed by atoms with Crippen LogP contribution < -0.4 is 14.8 Å². The molecule has 1 heterocycles. The Balaban J connectivity index is 1.53. The molecule has 0 saturated heterocycles. The molecule has 0 bridgehead atoms. The van der Waals surface area contributed by atoms with Gasteiger partial charge < -0.3 is 4.74 Å². The minimum Gasteiger partial charge on any atom is -0.484 e. The van der Waals surface area contributed by atoms with E-state index in [1.165, 1.54) is 0 Å².